The Labute approximate surface area is 72.4 Å². The maximum Gasteiger partial charge on any atom is 0.232 e. The molecule has 0 bridgehead atoms. The fraction of sp³-hybridized carbons (Fsp3) is 0.667. The molecule has 0 radical (unpaired) electrons. The van der Waals surface area contributed by atoms with Gasteiger partial charge in [0, 0.05) is 0 Å². The van der Waals surface area contributed by atoms with E-state index >= 15 is 0 Å². The van der Waals surface area contributed by atoms with E-state index in [-0.39, 0.29) is 16.1 Å². The van der Waals surface area contributed by atoms with E-state index in [9.17, 15) is 4.79 Å². The van der Waals surface area contributed by atoms with E-state index in [1.807, 2.05) is 19.1 Å². The van der Waals surface area contributed by atoms with Gasteiger partial charge in [0.15, 0.2) is 0 Å². The number of carbonyl (C=O) groups excluding carboxylic acids is 1. The van der Waals surface area contributed by atoms with E-state index in [4.69, 9.17) is 11.6 Å². The minimum absolute atomic E-state index is 0.0678. The van der Waals surface area contributed by atoms with Gasteiger partial charge in [-0.1, -0.05) is 26.0 Å². The third-order valence-electron chi connectivity index (χ3n) is 2.61. The number of hydrogen-bond acceptors (Lipinski definition) is 1. The Morgan fingerprint density at radius 1 is 1.55 bits per heavy atom. The third-order valence-corrected chi connectivity index (χ3v) is 2.94. The van der Waals surface area contributed by atoms with E-state index in [2.05, 4.69) is 13.8 Å². The molecule has 0 heterocycles. The fourth-order valence-corrected chi connectivity index (χ4v) is 2.01. The summed E-state index contributed by atoms with van der Waals surface area (Å²) in [6.45, 7) is 6.04. The first kappa shape index (κ1) is 8.79. The third kappa shape index (κ3) is 1.12. The highest BCUT2D eigenvalue weighted by atomic mass is 35.5. The number of hydrogen-bond donors (Lipinski definition) is 0. The first-order valence-electron chi connectivity index (χ1n) is 3.80. The van der Waals surface area contributed by atoms with Crippen molar-refractivity contribution in [2.75, 3.05) is 0 Å². The summed E-state index contributed by atoms with van der Waals surface area (Å²) in [6, 6.07) is 0. The van der Waals surface area contributed by atoms with E-state index in [1.165, 1.54) is 0 Å². The molecule has 0 N–H and O–H groups in total. The van der Waals surface area contributed by atoms with E-state index in [0.29, 0.717) is 0 Å². The standard InChI is InChI=1S/C9H13ClO/c1-4-5-9(7(10)11)6-8(9,2)3/h4-5H,6H2,1-3H3. The zero-order valence-electron chi connectivity index (χ0n) is 7.15. The normalized spacial score (nSPS) is 34.2. The van der Waals surface area contributed by atoms with Crippen LogP contribution in [0.15, 0.2) is 12.2 Å². The minimum atomic E-state index is -0.358. The van der Waals surface area contributed by atoms with Gasteiger partial charge in [-0.15, -0.1) is 0 Å². The molecule has 1 saturated carbocycles. The summed E-state index contributed by atoms with van der Waals surface area (Å²) in [4.78, 5) is 11.0. The van der Waals surface area contributed by atoms with Crippen molar-refractivity contribution in [2.24, 2.45) is 10.8 Å². The van der Waals surface area contributed by atoms with Crippen LogP contribution >= 0.6 is 11.6 Å². The maximum absolute atomic E-state index is 11.0. The highest BCUT2D eigenvalue weighted by molar-refractivity contribution is 6.65. The largest absolute Gasteiger partial charge is 0.280 e. The summed E-state index contributed by atoms with van der Waals surface area (Å²) in [7, 11) is 0. The van der Waals surface area contributed by atoms with Gasteiger partial charge in [0.05, 0.1) is 5.41 Å². The molecule has 0 aliphatic heterocycles. The number of carbonyl (C=O) groups is 1. The van der Waals surface area contributed by atoms with Crippen molar-refractivity contribution in [1.29, 1.82) is 0 Å². The molecule has 1 aliphatic rings. The summed E-state index contributed by atoms with van der Waals surface area (Å²) >= 11 is 5.51. The molecule has 2 heteroatoms. The monoisotopic (exact) mass is 172 g/mol. The lowest BCUT2D eigenvalue weighted by Gasteiger charge is -2.09. The number of halogens is 1. The average molecular weight is 173 g/mol. The molecule has 62 valence electrons. The van der Waals surface area contributed by atoms with Crippen molar-refractivity contribution < 1.29 is 4.79 Å². The molecule has 0 saturated heterocycles. The lowest BCUT2D eigenvalue weighted by molar-refractivity contribution is -0.115. The summed E-state index contributed by atoms with van der Waals surface area (Å²) in [5.41, 5.74) is -0.290. The molecule has 0 spiro atoms. The van der Waals surface area contributed by atoms with E-state index < -0.39 is 0 Å². The highest BCUT2D eigenvalue weighted by Crippen LogP contribution is 2.65. The van der Waals surface area contributed by atoms with Crippen molar-refractivity contribution in [2.45, 2.75) is 27.2 Å². The predicted octanol–water partition coefficient (Wildman–Crippen LogP) is 2.74. The smallest absolute Gasteiger partial charge is 0.232 e. The molecule has 1 fully saturated rings. The van der Waals surface area contributed by atoms with Gasteiger partial charge in [0.2, 0.25) is 5.24 Å². The van der Waals surface area contributed by atoms with Crippen LogP contribution in [0.1, 0.15) is 27.2 Å². The van der Waals surface area contributed by atoms with Crippen molar-refractivity contribution in [3.8, 4) is 0 Å². The van der Waals surface area contributed by atoms with Crippen LogP contribution in [0.5, 0.6) is 0 Å². The van der Waals surface area contributed by atoms with Crippen LogP contribution in [0, 0.1) is 10.8 Å². The second-order valence-corrected chi connectivity index (χ2v) is 4.15. The Morgan fingerprint density at radius 2 is 2.00 bits per heavy atom. The number of allylic oxidation sites excluding steroid dienone is 2. The first-order chi connectivity index (χ1) is 4.96. The predicted molar refractivity (Wildman–Crippen MR) is 46.5 cm³/mol. The Kier molecular flexibility index (Phi) is 1.87. The van der Waals surface area contributed by atoms with Crippen LogP contribution < -0.4 is 0 Å². The van der Waals surface area contributed by atoms with Gasteiger partial charge in [0.1, 0.15) is 0 Å². The molecule has 11 heavy (non-hydrogen) atoms. The average Bonchev–Trinajstić information content (AvgIpc) is 2.36. The second-order valence-electron chi connectivity index (χ2n) is 3.81. The highest BCUT2D eigenvalue weighted by Gasteiger charge is 2.63. The van der Waals surface area contributed by atoms with Gasteiger partial charge in [-0.3, -0.25) is 4.79 Å². The van der Waals surface area contributed by atoms with Crippen molar-refractivity contribution >= 4 is 16.8 Å². The van der Waals surface area contributed by atoms with Crippen LogP contribution in [-0.4, -0.2) is 5.24 Å². The summed E-state index contributed by atoms with van der Waals surface area (Å²) in [6.07, 6.45) is 4.70. The molecule has 1 unspecified atom stereocenters. The Morgan fingerprint density at radius 3 is 2.09 bits per heavy atom. The fourth-order valence-electron chi connectivity index (χ4n) is 1.62. The molecule has 1 atom stereocenters. The summed E-state index contributed by atoms with van der Waals surface area (Å²) in [5.74, 6) is 0. The molecular weight excluding hydrogens is 160 g/mol. The van der Waals surface area contributed by atoms with Crippen LogP contribution in [0.4, 0.5) is 0 Å². The van der Waals surface area contributed by atoms with Gasteiger partial charge in [-0.25, -0.2) is 0 Å². The molecule has 0 aromatic heterocycles. The summed E-state index contributed by atoms with van der Waals surface area (Å²) in [5, 5.41) is -0.222. The van der Waals surface area contributed by atoms with Gasteiger partial charge in [-0.2, -0.15) is 0 Å². The molecule has 0 aromatic carbocycles. The Hall–Kier alpha value is -0.300. The molecule has 0 amide bonds. The van der Waals surface area contributed by atoms with Crippen molar-refractivity contribution in [1.82, 2.24) is 0 Å². The lowest BCUT2D eigenvalue weighted by atomic mass is 9.97. The SMILES string of the molecule is CC=CC1(C(=O)Cl)CC1(C)C. The van der Waals surface area contributed by atoms with Gasteiger partial charge in [0.25, 0.3) is 0 Å². The van der Waals surface area contributed by atoms with Gasteiger partial charge >= 0.3 is 0 Å². The van der Waals surface area contributed by atoms with Crippen LogP contribution in [0.2, 0.25) is 0 Å². The lowest BCUT2D eigenvalue weighted by Crippen LogP contribution is -2.13. The van der Waals surface area contributed by atoms with Crippen molar-refractivity contribution in [3.05, 3.63) is 12.2 Å². The molecule has 1 aliphatic carbocycles. The molecule has 1 rings (SSSR count). The van der Waals surface area contributed by atoms with Crippen LogP contribution in [0.25, 0.3) is 0 Å². The Balaban J connectivity index is 2.88. The van der Waals surface area contributed by atoms with Gasteiger partial charge < -0.3 is 0 Å². The molecule has 0 aromatic rings. The quantitative estimate of drug-likeness (QED) is 0.463. The minimum Gasteiger partial charge on any atom is -0.280 e. The maximum atomic E-state index is 11.0. The molecular formula is C9H13ClO. The zero-order valence-corrected chi connectivity index (χ0v) is 7.90. The number of rotatable bonds is 2. The summed E-state index contributed by atoms with van der Waals surface area (Å²) < 4.78 is 0. The van der Waals surface area contributed by atoms with Crippen LogP contribution in [0.3, 0.4) is 0 Å². The first-order valence-corrected chi connectivity index (χ1v) is 4.18. The zero-order chi connectivity index (χ0) is 8.70. The Bertz CT molecular complexity index is 218. The topological polar surface area (TPSA) is 17.1 Å². The second kappa shape index (κ2) is 2.34. The molecule has 1 nitrogen and oxygen atoms in total. The van der Waals surface area contributed by atoms with Gasteiger partial charge in [-0.05, 0) is 30.4 Å². The van der Waals surface area contributed by atoms with Crippen molar-refractivity contribution in [3.63, 3.8) is 0 Å². The van der Waals surface area contributed by atoms with Crippen LogP contribution in [-0.2, 0) is 4.79 Å². The van der Waals surface area contributed by atoms with E-state index in [0.717, 1.165) is 6.42 Å². The van der Waals surface area contributed by atoms with E-state index in [1.54, 1.807) is 0 Å².